The van der Waals surface area contributed by atoms with Gasteiger partial charge in [-0.05, 0) is 31.0 Å². The van der Waals surface area contributed by atoms with Crippen molar-refractivity contribution in [1.82, 2.24) is 0 Å². The van der Waals surface area contributed by atoms with Crippen molar-refractivity contribution in [2.24, 2.45) is 5.73 Å². The lowest BCUT2D eigenvalue weighted by atomic mass is 10.1. The number of hydrogen-bond donors (Lipinski definition) is 1. The van der Waals surface area contributed by atoms with Crippen LogP contribution in [-0.2, 0) is 14.6 Å². The summed E-state index contributed by atoms with van der Waals surface area (Å²) in [4.78, 5) is 0. The maximum Gasteiger partial charge on any atom is 0.157 e. The maximum absolute atomic E-state index is 12.4. The highest BCUT2D eigenvalue weighted by Crippen LogP contribution is 2.25. The van der Waals surface area contributed by atoms with E-state index >= 15 is 0 Å². The molecule has 1 aromatic carbocycles. The topological polar surface area (TPSA) is 78.6 Å². The van der Waals surface area contributed by atoms with Crippen LogP contribution in [0.15, 0.2) is 24.3 Å². The minimum absolute atomic E-state index is 0.0578. The molecule has 3 atom stereocenters. The quantitative estimate of drug-likeness (QED) is 0.886. The van der Waals surface area contributed by atoms with Crippen molar-refractivity contribution in [3.63, 3.8) is 0 Å². The van der Waals surface area contributed by atoms with E-state index in [0.29, 0.717) is 13.0 Å². The summed E-state index contributed by atoms with van der Waals surface area (Å²) in [5.41, 5.74) is 6.82. The number of hydrogen-bond acceptors (Lipinski definition) is 5. The van der Waals surface area contributed by atoms with Gasteiger partial charge in [0, 0.05) is 12.6 Å². The first-order chi connectivity index (χ1) is 9.44. The number of sulfone groups is 1. The number of benzene rings is 1. The molecule has 0 saturated carbocycles. The highest BCUT2D eigenvalue weighted by molar-refractivity contribution is 7.92. The highest BCUT2D eigenvalue weighted by atomic mass is 32.2. The second-order valence-electron chi connectivity index (χ2n) is 5.11. The Morgan fingerprint density at radius 1 is 1.40 bits per heavy atom. The van der Waals surface area contributed by atoms with Crippen molar-refractivity contribution in [3.8, 4) is 5.75 Å². The van der Waals surface area contributed by atoms with Crippen molar-refractivity contribution in [2.45, 2.75) is 30.7 Å². The third-order valence-corrected chi connectivity index (χ3v) is 6.09. The summed E-state index contributed by atoms with van der Waals surface area (Å²) >= 11 is 0. The Balaban J connectivity index is 2.07. The fourth-order valence-electron chi connectivity index (χ4n) is 2.50. The number of methoxy groups -OCH3 is 1. The molecule has 1 heterocycles. The Labute approximate surface area is 120 Å². The molecule has 112 valence electrons. The largest absolute Gasteiger partial charge is 0.497 e. The van der Waals surface area contributed by atoms with Gasteiger partial charge in [-0.25, -0.2) is 8.42 Å². The molecular weight excluding hydrogens is 278 g/mol. The standard InChI is InChI=1S/C14H21NO4S/c1-10-14(7-8-19-10)20(16,17)9-13(15)11-3-5-12(18-2)6-4-11/h3-6,10,13-14H,7-9,15H2,1-2H3. The highest BCUT2D eigenvalue weighted by Gasteiger charge is 2.36. The van der Waals surface area contributed by atoms with Crippen molar-refractivity contribution in [2.75, 3.05) is 19.5 Å². The van der Waals surface area contributed by atoms with Crippen molar-refractivity contribution in [3.05, 3.63) is 29.8 Å². The third-order valence-electron chi connectivity index (χ3n) is 3.72. The molecule has 2 rings (SSSR count). The lowest BCUT2D eigenvalue weighted by Gasteiger charge is -2.18. The molecule has 1 aliphatic rings. The molecule has 0 spiro atoms. The molecule has 3 unspecified atom stereocenters. The van der Waals surface area contributed by atoms with E-state index in [2.05, 4.69) is 0 Å². The van der Waals surface area contributed by atoms with Gasteiger partial charge in [0.25, 0.3) is 0 Å². The molecule has 1 fully saturated rings. The fourth-order valence-corrected chi connectivity index (χ4v) is 4.56. The summed E-state index contributed by atoms with van der Waals surface area (Å²) in [5, 5.41) is -0.438. The molecule has 1 aliphatic heterocycles. The van der Waals surface area contributed by atoms with Gasteiger partial charge in [0.1, 0.15) is 5.75 Å². The predicted octanol–water partition coefficient (Wildman–Crippen LogP) is 1.29. The maximum atomic E-state index is 12.4. The minimum Gasteiger partial charge on any atom is -0.497 e. The third kappa shape index (κ3) is 3.31. The number of rotatable bonds is 5. The van der Waals surface area contributed by atoms with Crippen LogP contribution in [0, 0.1) is 0 Å². The molecule has 0 aliphatic carbocycles. The smallest absolute Gasteiger partial charge is 0.157 e. The van der Waals surface area contributed by atoms with Crippen LogP contribution in [0.5, 0.6) is 5.75 Å². The van der Waals surface area contributed by atoms with E-state index in [4.69, 9.17) is 15.2 Å². The van der Waals surface area contributed by atoms with E-state index in [1.807, 2.05) is 0 Å². The molecule has 1 saturated heterocycles. The SMILES string of the molecule is COc1ccc(C(N)CS(=O)(=O)C2CCOC2C)cc1. The summed E-state index contributed by atoms with van der Waals surface area (Å²) in [6.07, 6.45) is 0.307. The van der Waals surface area contributed by atoms with Crippen LogP contribution in [0.1, 0.15) is 24.9 Å². The van der Waals surface area contributed by atoms with Gasteiger partial charge >= 0.3 is 0 Å². The molecule has 2 N–H and O–H groups in total. The van der Waals surface area contributed by atoms with Gasteiger partial charge in [-0.2, -0.15) is 0 Å². The van der Waals surface area contributed by atoms with Gasteiger partial charge in [0.05, 0.1) is 24.2 Å². The van der Waals surface area contributed by atoms with Crippen LogP contribution in [0.25, 0.3) is 0 Å². The van der Waals surface area contributed by atoms with Crippen LogP contribution in [0.3, 0.4) is 0 Å². The molecule has 5 nitrogen and oxygen atoms in total. The molecule has 0 radical (unpaired) electrons. The van der Waals surface area contributed by atoms with E-state index in [1.165, 1.54) is 0 Å². The predicted molar refractivity (Wildman–Crippen MR) is 77.5 cm³/mol. The van der Waals surface area contributed by atoms with Crippen LogP contribution in [0.4, 0.5) is 0 Å². The van der Waals surface area contributed by atoms with E-state index < -0.39 is 21.1 Å². The molecule has 0 amide bonds. The zero-order chi connectivity index (χ0) is 14.8. The summed E-state index contributed by atoms with van der Waals surface area (Å²) in [7, 11) is -1.67. The zero-order valence-corrected chi connectivity index (χ0v) is 12.6. The Bertz CT molecular complexity index is 541. The molecule has 0 aromatic heterocycles. The van der Waals surface area contributed by atoms with Gasteiger partial charge in [-0.1, -0.05) is 12.1 Å². The first kappa shape index (κ1) is 15.3. The fraction of sp³-hybridized carbons (Fsp3) is 0.571. The van der Waals surface area contributed by atoms with Crippen LogP contribution in [-0.4, -0.2) is 39.2 Å². The normalized spacial score (nSPS) is 24.6. The number of ether oxygens (including phenoxy) is 2. The van der Waals surface area contributed by atoms with Crippen molar-refractivity contribution < 1.29 is 17.9 Å². The Kier molecular flexibility index (Phi) is 4.67. The lowest BCUT2D eigenvalue weighted by Crippen LogP contribution is -2.34. The first-order valence-corrected chi connectivity index (χ1v) is 8.38. The van der Waals surface area contributed by atoms with E-state index in [9.17, 15) is 8.42 Å². The van der Waals surface area contributed by atoms with E-state index in [-0.39, 0.29) is 11.9 Å². The number of nitrogens with two attached hydrogens (primary N) is 1. The summed E-state index contributed by atoms with van der Waals surface area (Å²) in [6.45, 7) is 2.30. The second kappa shape index (κ2) is 6.11. The van der Waals surface area contributed by atoms with Gasteiger partial charge < -0.3 is 15.2 Å². The Morgan fingerprint density at radius 2 is 2.05 bits per heavy atom. The molecule has 20 heavy (non-hydrogen) atoms. The lowest BCUT2D eigenvalue weighted by molar-refractivity contribution is 0.126. The zero-order valence-electron chi connectivity index (χ0n) is 11.8. The average Bonchev–Trinajstić information content (AvgIpc) is 2.85. The van der Waals surface area contributed by atoms with Crippen LogP contribution >= 0.6 is 0 Å². The van der Waals surface area contributed by atoms with Crippen LogP contribution < -0.4 is 10.5 Å². The molecular formula is C14H21NO4S. The summed E-state index contributed by atoms with van der Waals surface area (Å²) < 4.78 is 35.1. The second-order valence-corrected chi connectivity index (χ2v) is 7.38. The average molecular weight is 299 g/mol. The monoisotopic (exact) mass is 299 g/mol. The van der Waals surface area contributed by atoms with Gasteiger partial charge in [-0.15, -0.1) is 0 Å². The summed E-state index contributed by atoms with van der Waals surface area (Å²) in [5.74, 6) is 0.666. The Morgan fingerprint density at radius 3 is 2.55 bits per heavy atom. The van der Waals surface area contributed by atoms with Gasteiger partial charge in [0.2, 0.25) is 0 Å². The van der Waals surface area contributed by atoms with Gasteiger partial charge in [0.15, 0.2) is 9.84 Å². The van der Waals surface area contributed by atoms with Crippen molar-refractivity contribution in [1.29, 1.82) is 0 Å². The van der Waals surface area contributed by atoms with Gasteiger partial charge in [-0.3, -0.25) is 0 Å². The minimum atomic E-state index is -3.25. The first-order valence-electron chi connectivity index (χ1n) is 6.67. The summed E-state index contributed by atoms with van der Waals surface area (Å²) in [6, 6.07) is 6.63. The van der Waals surface area contributed by atoms with Crippen molar-refractivity contribution >= 4 is 9.84 Å². The Hall–Kier alpha value is -1.11. The van der Waals surface area contributed by atoms with E-state index in [0.717, 1.165) is 11.3 Å². The van der Waals surface area contributed by atoms with E-state index in [1.54, 1.807) is 38.3 Å². The molecule has 6 heteroatoms. The molecule has 1 aromatic rings. The molecule has 0 bridgehead atoms. The van der Waals surface area contributed by atoms with Crippen LogP contribution in [0.2, 0.25) is 0 Å².